The summed E-state index contributed by atoms with van der Waals surface area (Å²) < 4.78 is 0. The highest BCUT2D eigenvalue weighted by atomic mass is 32.1. The van der Waals surface area contributed by atoms with Gasteiger partial charge in [-0.1, -0.05) is 37.3 Å². The lowest BCUT2D eigenvalue weighted by Crippen LogP contribution is -2.49. The summed E-state index contributed by atoms with van der Waals surface area (Å²) in [7, 11) is 0. The Morgan fingerprint density at radius 3 is 2.86 bits per heavy atom. The van der Waals surface area contributed by atoms with E-state index in [0.29, 0.717) is 6.42 Å². The molecule has 3 aromatic rings. The molecule has 1 unspecified atom stereocenters. The third-order valence-electron chi connectivity index (χ3n) is 5.10. The van der Waals surface area contributed by atoms with E-state index in [1.807, 2.05) is 28.5 Å². The minimum atomic E-state index is 0.0704. The first-order chi connectivity index (χ1) is 13.7. The molecule has 6 heteroatoms. The van der Waals surface area contributed by atoms with E-state index in [4.69, 9.17) is 0 Å². The van der Waals surface area contributed by atoms with Gasteiger partial charge in [-0.2, -0.15) is 0 Å². The van der Waals surface area contributed by atoms with Gasteiger partial charge in [-0.05, 0) is 29.7 Å². The van der Waals surface area contributed by atoms with E-state index in [-0.39, 0.29) is 11.9 Å². The van der Waals surface area contributed by atoms with Crippen LogP contribution in [0.5, 0.6) is 0 Å². The molecule has 1 aromatic carbocycles. The average Bonchev–Trinajstić information content (AvgIpc) is 3.23. The van der Waals surface area contributed by atoms with Gasteiger partial charge in [0.25, 0.3) is 0 Å². The number of piperazine rings is 1. The van der Waals surface area contributed by atoms with Crippen LogP contribution in [-0.4, -0.2) is 40.4 Å². The molecule has 1 N–H and O–H groups in total. The first-order valence-corrected chi connectivity index (χ1v) is 10.6. The number of benzene rings is 1. The average molecular weight is 393 g/mol. The van der Waals surface area contributed by atoms with Gasteiger partial charge in [0.2, 0.25) is 5.91 Å². The number of carbonyl (C=O) groups excluding carboxylic acids is 1. The summed E-state index contributed by atoms with van der Waals surface area (Å²) in [5.74, 6) is 0.129. The van der Waals surface area contributed by atoms with Crippen LogP contribution in [0.1, 0.15) is 29.8 Å². The number of nitrogens with zero attached hydrogens (tertiary/aromatic N) is 3. The van der Waals surface area contributed by atoms with Gasteiger partial charge in [0.1, 0.15) is 5.01 Å². The van der Waals surface area contributed by atoms with Crippen molar-refractivity contribution in [2.75, 3.05) is 19.6 Å². The van der Waals surface area contributed by atoms with Crippen molar-refractivity contribution in [3.63, 3.8) is 0 Å². The van der Waals surface area contributed by atoms with Gasteiger partial charge in [-0.25, -0.2) is 4.98 Å². The quantitative estimate of drug-likeness (QED) is 0.722. The molecule has 4 rings (SSSR count). The maximum absolute atomic E-state index is 13.1. The zero-order valence-corrected chi connectivity index (χ0v) is 16.8. The van der Waals surface area contributed by atoms with Crippen LogP contribution in [0.3, 0.4) is 0 Å². The molecule has 0 radical (unpaired) electrons. The Hall–Kier alpha value is -2.57. The topological polar surface area (TPSA) is 58.1 Å². The molecular formula is C22H24N4OS. The Labute approximate surface area is 169 Å². The summed E-state index contributed by atoms with van der Waals surface area (Å²) in [6, 6.07) is 14.5. The van der Waals surface area contributed by atoms with E-state index < -0.39 is 0 Å². The third-order valence-corrected chi connectivity index (χ3v) is 6.02. The summed E-state index contributed by atoms with van der Waals surface area (Å²) in [6.07, 6.45) is 3.11. The maximum atomic E-state index is 13.1. The van der Waals surface area contributed by atoms with Crippen LogP contribution >= 0.6 is 11.3 Å². The predicted molar refractivity (Wildman–Crippen MR) is 112 cm³/mol. The molecular weight excluding hydrogens is 368 g/mol. The number of hydrogen-bond donors (Lipinski definition) is 1. The summed E-state index contributed by atoms with van der Waals surface area (Å²) >= 11 is 1.54. The molecule has 1 atom stereocenters. The van der Waals surface area contributed by atoms with E-state index in [1.165, 1.54) is 22.5 Å². The molecule has 0 bridgehead atoms. The molecule has 5 nitrogen and oxygen atoms in total. The Bertz CT molecular complexity index is 923. The summed E-state index contributed by atoms with van der Waals surface area (Å²) in [6.45, 7) is 4.48. The van der Waals surface area contributed by atoms with E-state index in [1.54, 1.807) is 6.20 Å². The van der Waals surface area contributed by atoms with Crippen molar-refractivity contribution in [2.45, 2.75) is 25.8 Å². The fourth-order valence-electron chi connectivity index (χ4n) is 3.53. The van der Waals surface area contributed by atoms with Crippen LogP contribution in [0, 0.1) is 0 Å². The number of amides is 1. The number of aromatic nitrogens is 2. The van der Waals surface area contributed by atoms with Gasteiger partial charge >= 0.3 is 0 Å². The number of thiazole rings is 1. The molecule has 2 aromatic heterocycles. The number of hydrogen-bond acceptors (Lipinski definition) is 5. The second-order valence-corrected chi connectivity index (χ2v) is 7.80. The molecule has 28 heavy (non-hydrogen) atoms. The Balaban J connectivity index is 1.48. The highest BCUT2D eigenvalue weighted by Gasteiger charge is 2.28. The maximum Gasteiger partial charge on any atom is 0.229 e. The van der Waals surface area contributed by atoms with E-state index in [9.17, 15) is 4.79 Å². The highest BCUT2D eigenvalue weighted by Crippen LogP contribution is 2.25. The van der Waals surface area contributed by atoms with Gasteiger partial charge in [-0.3, -0.25) is 9.78 Å². The predicted octanol–water partition coefficient (Wildman–Crippen LogP) is 3.48. The van der Waals surface area contributed by atoms with Crippen LogP contribution in [0.2, 0.25) is 0 Å². The van der Waals surface area contributed by atoms with Crippen LogP contribution in [0.15, 0.2) is 54.0 Å². The van der Waals surface area contributed by atoms with Crippen molar-refractivity contribution in [3.8, 4) is 10.7 Å². The molecule has 1 saturated heterocycles. The molecule has 0 aliphatic carbocycles. The second kappa shape index (κ2) is 8.63. The molecule has 1 aliphatic rings. The molecule has 1 amide bonds. The summed E-state index contributed by atoms with van der Waals surface area (Å²) in [4.78, 5) is 24.0. The van der Waals surface area contributed by atoms with Crippen molar-refractivity contribution in [1.29, 1.82) is 0 Å². The Morgan fingerprint density at radius 1 is 1.25 bits per heavy atom. The van der Waals surface area contributed by atoms with Gasteiger partial charge in [0.15, 0.2) is 0 Å². The minimum Gasteiger partial charge on any atom is -0.333 e. The van der Waals surface area contributed by atoms with E-state index in [2.05, 4.69) is 46.5 Å². The van der Waals surface area contributed by atoms with Gasteiger partial charge < -0.3 is 10.2 Å². The first kappa shape index (κ1) is 18.8. The lowest BCUT2D eigenvalue weighted by molar-refractivity contribution is -0.133. The number of nitrogens with one attached hydrogen (secondary N) is 1. The zero-order chi connectivity index (χ0) is 19.3. The fraction of sp³-hybridized carbons (Fsp3) is 0.318. The summed E-state index contributed by atoms with van der Waals surface area (Å²) in [5.41, 5.74) is 4.16. The van der Waals surface area contributed by atoms with E-state index >= 15 is 0 Å². The molecule has 3 heterocycles. The second-order valence-electron chi connectivity index (χ2n) is 6.94. The van der Waals surface area contributed by atoms with Crippen LogP contribution in [0.4, 0.5) is 0 Å². The van der Waals surface area contributed by atoms with Crippen molar-refractivity contribution in [3.05, 3.63) is 70.9 Å². The van der Waals surface area contributed by atoms with Gasteiger partial charge in [0, 0.05) is 31.2 Å². The normalized spacial score (nSPS) is 16.9. The first-order valence-electron chi connectivity index (χ1n) is 9.69. The number of rotatable bonds is 5. The number of pyridine rings is 1. The van der Waals surface area contributed by atoms with Gasteiger partial charge in [-0.15, -0.1) is 11.3 Å². The molecule has 1 aliphatic heterocycles. The Morgan fingerprint density at radius 2 is 2.11 bits per heavy atom. The molecule has 144 valence electrons. The number of aryl methyl sites for hydroxylation is 1. The highest BCUT2D eigenvalue weighted by molar-refractivity contribution is 7.13. The van der Waals surface area contributed by atoms with Crippen molar-refractivity contribution in [1.82, 2.24) is 20.2 Å². The van der Waals surface area contributed by atoms with Gasteiger partial charge in [0.05, 0.1) is 23.9 Å². The van der Waals surface area contributed by atoms with E-state index in [0.717, 1.165) is 42.5 Å². The SMILES string of the molecule is CCc1ccc(C2CNCCN2C(=O)Cc2csc(-c3ccccn3)n2)cc1. The molecule has 1 fully saturated rings. The minimum absolute atomic E-state index is 0.0704. The smallest absolute Gasteiger partial charge is 0.229 e. The lowest BCUT2D eigenvalue weighted by atomic mass is 10.0. The zero-order valence-electron chi connectivity index (χ0n) is 16.0. The third kappa shape index (κ3) is 4.13. The van der Waals surface area contributed by atoms with Crippen LogP contribution in [0.25, 0.3) is 10.7 Å². The van der Waals surface area contributed by atoms with Crippen LogP contribution < -0.4 is 5.32 Å². The summed E-state index contributed by atoms with van der Waals surface area (Å²) in [5, 5.41) is 6.24. The van der Waals surface area contributed by atoms with Crippen LogP contribution in [-0.2, 0) is 17.6 Å². The largest absolute Gasteiger partial charge is 0.333 e. The number of carbonyl (C=O) groups is 1. The Kier molecular flexibility index (Phi) is 5.78. The van der Waals surface area contributed by atoms with Crippen molar-refractivity contribution >= 4 is 17.2 Å². The fourth-order valence-corrected chi connectivity index (χ4v) is 4.32. The monoisotopic (exact) mass is 392 g/mol. The molecule has 0 spiro atoms. The lowest BCUT2D eigenvalue weighted by Gasteiger charge is -2.36. The van der Waals surface area contributed by atoms with Crippen molar-refractivity contribution in [2.24, 2.45) is 0 Å². The molecule has 0 saturated carbocycles. The van der Waals surface area contributed by atoms with Crippen molar-refractivity contribution < 1.29 is 4.79 Å². The standard InChI is InChI=1S/C22H24N4OS/c1-2-16-6-8-17(9-7-16)20-14-23-11-12-26(20)21(27)13-18-15-28-22(25-18)19-5-3-4-10-24-19/h3-10,15,20,23H,2,11-14H2,1H3.